The van der Waals surface area contributed by atoms with Crippen LogP contribution < -0.4 is 4.74 Å². The lowest BCUT2D eigenvalue weighted by atomic mass is 9.77. The summed E-state index contributed by atoms with van der Waals surface area (Å²) in [5, 5.41) is 0. The number of hydrogen-bond donors (Lipinski definition) is 0. The van der Waals surface area contributed by atoms with Gasteiger partial charge in [0, 0.05) is 6.20 Å². The molecule has 0 atom stereocenters. The van der Waals surface area contributed by atoms with Crippen LogP contribution in [-0.2, 0) is 6.42 Å². The SMILES string of the molecule is CCCCCc1ccc(C(=O)Oc2ccc(C3CCC(CCC)CC3)cc2)nc1. The fraction of sp³-hybridized carbons (Fsp3) is 0.538. The zero-order valence-electron chi connectivity index (χ0n) is 18.0. The Labute approximate surface area is 175 Å². The predicted octanol–water partition coefficient (Wildman–Crippen LogP) is 7.11. The van der Waals surface area contributed by atoms with E-state index in [-0.39, 0.29) is 0 Å². The van der Waals surface area contributed by atoms with Crippen LogP contribution in [0.2, 0.25) is 0 Å². The van der Waals surface area contributed by atoms with E-state index in [4.69, 9.17) is 4.74 Å². The maximum Gasteiger partial charge on any atom is 0.362 e. The molecule has 3 nitrogen and oxygen atoms in total. The van der Waals surface area contributed by atoms with Crippen LogP contribution in [0.15, 0.2) is 42.6 Å². The van der Waals surface area contributed by atoms with Gasteiger partial charge in [-0.05, 0) is 79.7 Å². The molecule has 0 saturated heterocycles. The summed E-state index contributed by atoms with van der Waals surface area (Å²) in [6.45, 7) is 4.48. The molecule has 1 aromatic carbocycles. The molecule has 0 bridgehead atoms. The summed E-state index contributed by atoms with van der Waals surface area (Å²) < 4.78 is 5.53. The first-order valence-corrected chi connectivity index (χ1v) is 11.5. The van der Waals surface area contributed by atoms with Crippen molar-refractivity contribution in [3.05, 3.63) is 59.4 Å². The van der Waals surface area contributed by atoms with E-state index in [0.29, 0.717) is 17.4 Å². The van der Waals surface area contributed by atoms with E-state index < -0.39 is 5.97 Å². The summed E-state index contributed by atoms with van der Waals surface area (Å²) in [5.74, 6) is 1.77. The van der Waals surface area contributed by atoms with Gasteiger partial charge >= 0.3 is 5.97 Å². The Balaban J connectivity index is 1.51. The molecular formula is C26H35NO2. The van der Waals surface area contributed by atoms with Crippen molar-refractivity contribution in [1.29, 1.82) is 0 Å². The number of nitrogens with zero attached hydrogens (tertiary/aromatic N) is 1. The first kappa shape index (κ1) is 21.5. The number of ether oxygens (including phenoxy) is 1. The Morgan fingerprint density at radius 1 is 0.966 bits per heavy atom. The number of rotatable bonds is 9. The normalized spacial score (nSPS) is 19.1. The molecule has 1 saturated carbocycles. The van der Waals surface area contributed by atoms with Gasteiger partial charge in [0.1, 0.15) is 11.4 Å². The number of aromatic nitrogens is 1. The number of carbonyl (C=O) groups excluding carboxylic acids is 1. The highest BCUT2D eigenvalue weighted by atomic mass is 16.5. The molecule has 1 aliphatic carbocycles. The quantitative estimate of drug-likeness (QED) is 0.259. The van der Waals surface area contributed by atoms with Crippen LogP contribution in [0.25, 0.3) is 0 Å². The monoisotopic (exact) mass is 393 g/mol. The minimum atomic E-state index is -0.391. The summed E-state index contributed by atoms with van der Waals surface area (Å²) in [4.78, 5) is 16.7. The molecule has 1 aliphatic rings. The maximum atomic E-state index is 12.4. The third kappa shape index (κ3) is 6.42. The second kappa shape index (κ2) is 11.1. The molecule has 3 rings (SSSR count). The molecule has 0 unspecified atom stereocenters. The average molecular weight is 394 g/mol. The molecule has 1 heterocycles. The molecule has 156 valence electrons. The second-order valence-electron chi connectivity index (χ2n) is 8.47. The van der Waals surface area contributed by atoms with Crippen molar-refractivity contribution in [2.75, 3.05) is 0 Å². The molecule has 0 N–H and O–H groups in total. The third-order valence-electron chi connectivity index (χ3n) is 6.21. The lowest BCUT2D eigenvalue weighted by Crippen LogP contribution is -2.13. The highest BCUT2D eigenvalue weighted by Gasteiger charge is 2.22. The first-order valence-electron chi connectivity index (χ1n) is 11.5. The Kier molecular flexibility index (Phi) is 8.27. The van der Waals surface area contributed by atoms with Gasteiger partial charge in [-0.3, -0.25) is 0 Å². The topological polar surface area (TPSA) is 39.2 Å². The standard InChI is InChI=1S/C26H35NO2/c1-3-5-6-8-21-11-18-25(27-19-21)26(28)29-24-16-14-23(15-17-24)22-12-9-20(7-4-2)10-13-22/h11,14-20,22H,3-10,12-13H2,1-2H3. The molecule has 0 radical (unpaired) electrons. The van der Waals surface area contributed by atoms with Gasteiger partial charge in [-0.2, -0.15) is 0 Å². The Morgan fingerprint density at radius 3 is 2.34 bits per heavy atom. The zero-order valence-corrected chi connectivity index (χ0v) is 18.0. The van der Waals surface area contributed by atoms with Crippen molar-refractivity contribution in [3.8, 4) is 5.75 Å². The van der Waals surface area contributed by atoms with Crippen molar-refractivity contribution in [3.63, 3.8) is 0 Å². The van der Waals surface area contributed by atoms with Crippen LogP contribution in [0, 0.1) is 5.92 Å². The fourth-order valence-electron chi connectivity index (χ4n) is 4.43. The largest absolute Gasteiger partial charge is 0.422 e. The van der Waals surface area contributed by atoms with Crippen LogP contribution in [-0.4, -0.2) is 11.0 Å². The van der Waals surface area contributed by atoms with Gasteiger partial charge in [0.15, 0.2) is 0 Å². The number of carbonyl (C=O) groups is 1. The lowest BCUT2D eigenvalue weighted by molar-refractivity contribution is 0.0728. The van der Waals surface area contributed by atoms with Crippen molar-refractivity contribution in [1.82, 2.24) is 4.98 Å². The molecule has 1 aromatic heterocycles. The average Bonchev–Trinajstić information content (AvgIpc) is 2.76. The van der Waals surface area contributed by atoms with Crippen molar-refractivity contribution < 1.29 is 9.53 Å². The van der Waals surface area contributed by atoms with Gasteiger partial charge in [-0.1, -0.05) is 57.7 Å². The van der Waals surface area contributed by atoms with Gasteiger partial charge in [-0.25, -0.2) is 9.78 Å². The predicted molar refractivity (Wildman–Crippen MR) is 118 cm³/mol. The molecule has 29 heavy (non-hydrogen) atoms. The summed E-state index contributed by atoms with van der Waals surface area (Å²) in [5.41, 5.74) is 2.91. The second-order valence-corrected chi connectivity index (χ2v) is 8.47. The fourth-order valence-corrected chi connectivity index (χ4v) is 4.43. The van der Waals surface area contributed by atoms with Crippen LogP contribution >= 0.6 is 0 Å². The number of pyridine rings is 1. The highest BCUT2D eigenvalue weighted by Crippen LogP contribution is 2.37. The molecule has 2 aromatic rings. The van der Waals surface area contributed by atoms with E-state index in [1.54, 1.807) is 12.3 Å². The van der Waals surface area contributed by atoms with Crippen LogP contribution in [0.3, 0.4) is 0 Å². The molecular weight excluding hydrogens is 358 g/mol. The van der Waals surface area contributed by atoms with Gasteiger partial charge in [0.2, 0.25) is 0 Å². The minimum absolute atomic E-state index is 0.363. The van der Waals surface area contributed by atoms with Crippen molar-refractivity contribution in [2.45, 2.75) is 84.0 Å². The highest BCUT2D eigenvalue weighted by molar-refractivity contribution is 5.88. The Hall–Kier alpha value is -2.16. The lowest BCUT2D eigenvalue weighted by Gasteiger charge is -2.28. The van der Waals surface area contributed by atoms with Gasteiger partial charge in [0.05, 0.1) is 0 Å². The van der Waals surface area contributed by atoms with E-state index in [9.17, 15) is 4.79 Å². The maximum absolute atomic E-state index is 12.4. The number of aryl methyl sites for hydroxylation is 1. The molecule has 0 spiro atoms. The number of unbranched alkanes of at least 4 members (excludes halogenated alkanes) is 2. The zero-order chi connectivity index (χ0) is 20.5. The molecule has 1 fully saturated rings. The van der Waals surface area contributed by atoms with E-state index in [0.717, 1.165) is 18.8 Å². The van der Waals surface area contributed by atoms with Crippen LogP contribution in [0.4, 0.5) is 0 Å². The number of benzene rings is 1. The van der Waals surface area contributed by atoms with Crippen molar-refractivity contribution >= 4 is 5.97 Å². The molecule has 0 aliphatic heterocycles. The van der Waals surface area contributed by atoms with Gasteiger partial charge in [-0.15, -0.1) is 0 Å². The van der Waals surface area contributed by atoms with E-state index in [2.05, 4.69) is 31.0 Å². The summed E-state index contributed by atoms with van der Waals surface area (Å²) in [6, 6.07) is 11.8. The summed E-state index contributed by atoms with van der Waals surface area (Å²) in [7, 11) is 0. The Bertz CT molecular complexity index is 743. The summed E-state index contributed by atoms with van der Waals surface area (Å²) >= 11 is 0. The van der Waals surface area contributed by atoms with Crippen LogP contribution in [0.5, 0.6) is 5.75 Å². The van der Waals surface area contributed by atoms with E-state index >= 15 is 0 Å². The summed E-state index contributed by atoms with van der Waals surface area (Å²) in [6.07, 6.45) is 14.3. The number of hydrogen-bond acceptors (Lipinski definition) is 3. The van der Waals surface area contributed by atoms with E-state index in [1.807, 2.05) is 18.2 Å². The smallest absolute Gasteiger partial charge is 0.362 e. The first-order chi connectivity index (χ1) is 14.2. The molecule has 0 amide bonds. The van der Waals surface area contributed by atoms with E-state index in [1.165, 1.54) is 62.5 Å². The van der Waals surface area contributed by atoms with Crippen molar-refractivity contribution in [2.24, 2.45) is 5.92 Å². The number of esters is 1. The molecule has 3 heteroatoms. The van der Waals surface area contributed by atoms with Gasteiger partial charge < -0.3 is 4.74 Å². The third-order valence-corrected chi connectivity index (χ3v) is 6.21. The Morgan fingerprint density at radius 2 is 1.72 bits per heavy atom. The van der Waals surface area contributed by atoms with Crippen LogP contribution in [0.1, 0.15) is 99.2 Å². The minimum Gasteiger partial charge on any atom is -0.422 e. The van der Waals surface area contributed by atoms with Gasteiger partial charge in [0.25, 0.3) is 0 Å².